The van der Waals surface area contributed by atoms with Crippen molar-refractivity contribution in [1.29, 1.82) is 0 Å². The first-order valence-electron chi connectivity index (χ1n) is 14.3. The Bertz CT molecular complexity index is 714. The molecule has 0 aromatic heterocycles. The van der Waals surface area contributed by atoms with E-state index < -0.39 is 40.7 Å². The molecule has 0 aromatic carbocycles. The number of likely N-dealkylation sites (tertiary alicyclic amines) is 2. The molecule has 2 rings (SSSR count). The molecule has 41 heavy (non-hydrogen) atoms. The molecular weight excluding hydrogens is 560 g/mol. The van der Waals surface area contributed by atoms with Gasteiger partial charge in [0.05, 0.1) is 0 Å². The largest absolute Gasteiger partial charge is 1.00 e. The molecule has 2 fully saturated rings. The molecule has 238 valence electrons. The number of rotatable bonds is 6. The van der Waals surface area contributed by atoms with Gasteiger partial charge in [0.2, 0.25) is 0 Å². The Balaban J connectivity index is 0. The number of aliphatic hydroxyl groups excluding tert-OH is 2. The van der Waals surface area contributed by atoms with Crippen LogP contribution >= 0.6 is 9.24 Å². The van der Waals surface area contributed by atoms with Crippen molar-refractivity contribution in [3.05, 3.63) is 0 Å². The van der Waals surface area contributed by atoms with Crippen molar-refractivity contribution in [2.75, 3.05) is 26.2 Å². The summed E-state index contributed by atoms with van der Waals surface area (Å²) in [5.41, 5.74) is 2.72. The number of nitrogens with zero attached hydrogens (tertiary/aromatic N) is 2. The van der Waals surface area contributed by atoms with Crippen LogP contribution in [0.5, 0.6) is 0 Å². The second kappa shape index (κ2) is 18.5. The predicted molar refractivity (Wildman–Crippen MR) is 157 cm³/mol. The van der Waals surface area contributed by atoms with Crippen molar-refractivity contribution >= 4 is 21.4 Å². The molecule has 2 saturated heterocycles. The molecule has 0 aliphatic carbocycles. The monoisotopic (exact) mass is 617 g/mol. The van der Waals surface area contributed by atoms with Gasteiger partial charge in [-0.05, 0) is 80.4 Å². The van der Waals surface area contributed by atoms with Crippen molar-refractivity contribution in [3.63, 3.8) is 0 Å². The van der Waals surface area contributed by atoms with Crippen LogP contribution in [0.4, 0.5) is 9.59 Å². The van der Waals surface area contributed by atoms with Crippen LogP contribution in [0.1, 0.15) is 101 Å². The Kier molecular flexibility index (Phi) is 19.4. The van der Waals surface area contributed by atoms with Crippen LogP contribution in [-0.4, -0.2) is 93.0 Å². The number of hydrogen-bond acceptors (Lipinski definition) is 9. The van der Waals surface area contributed by atoms with Gasteiger partial charge in [0.1, 0.15) is 11.2 Å². The van der Waals surface area contributed by atoms with Crippen molar-refractivity contribution in [2.45, 2.75) is 130 Å². The normalized spacial score (nSPS) is 23.9. The summed E-state index contributed by atoms with van der Waals surface area (Å²) in [7, 11) is 2.44. The zero-order chi connectivity index (χ0) is 31.5. The first-order chi connectivity index (χ1) is 18.1. The Hall–Kier alpha value is -0.230. The Morgan fingerprint density at radius 3 is 1.49 bits per heavy atom. The van der Waals surface area contributed by atoms with Gasteiger partial charge in [-0.15, -0.1) is 9.24 Å². The van der Waals surface area contributed by atoms with Gasteiger partial charge in [-0.1, -0.05) is 26.7 Å². The molecule has 0 bridgehead atoms. The standard InChI is InChI=1S/C13H25NO4.C13H24NO4.C2H8NP.Na/c2*1-5-6-13(10(15)16)7-8-14(9-13)11(17)18-12(2,3)4;1-2(3)4;/h10,15-16H,5-9H2,1-4H3;10,15H,5-9H2,1-4H3;2H,3-4H2,1H3;/q;-1;;+1/t13-;10-,13-;2-;/m000./s1. The molecule has 5 N–H and O–H groups in total. The summed E-state index contributed by atoms with van der Waals surface area (Å²) >= 11 is 0. The van der Waals surface area contributed by atoms with Crippen LogP contribution in [0.25, 0.3) is 0 Å². The zero-order valence-electron chi connectivity index (χ0n) is 27.2. The third-order valence-electron chi connectivity index (χ3n) is 6.64. The van der Waals surface area contributed by atoms with E-state index in [-0.39, 0.29) is 41.4 Å². The van der Waals surface area contributed by atoms with Crippen LogP contribution in [0.2, 0.25) is 0 Å². The van der Waals surface area contributed by atoms with Gasteiger partial charge < -0.3 is 45.4 Å². The summed E-state index contributed by atoms with van der Waals surface area (Å²) < 4.78 is 10.6. The van der Waals surface area contributed by atoms with Crippen LogP contribution in [-0.2, 0) is 9.47 Å². The third kappa shape index (κ3) is 15.9. The number of carbonyl (C=O) groups excluding carboxylic acids is 2. The maximum Gasteiger partial charge on any atom is 1.00 e. The molecule has 11 nitrogen and oxygen atoms in total. The molecule has 2 aliphatic rings. The second-order valence-corrected chi connectivity index (χ2v) is 14.2. The van der Waals surface area contributed by atoms with E-state index in [9.17, 15) is 30.0 Å². The molecule has 2 aliphatic heterocycles. The fraction of sp³-hybridized carbons (Fsp3) is 0.929. The molecule has 1 unspecified atom stereocenters. The van der Waals surface area contributed by atoms with Crippen LogP contribution in [0.15, 0.2) is 0 Å². The minimum atomic E-state index is -1.63. The Morgan fingerprint density at radius 1 is 0.878 bits per heavy atom. The molecule has 13 heteroatoms. The number of ether oxygens (including phenoxy) is 2. The van der Waals surface area contributed by atoms with Crippen molar-refractivity contribution in [1.82, 2.24) is 9.80 Å². The number of aliphatic hydroxyl groups is 3. The summed E-state index contributed by atoms with van der Waals surface area (Å²) in [6.45, 7) is 18.4. The first kappa shape index (κ1) is 42.9. The van der Waals surface area contributed by atoms with Crippen molar-refractivity contribution < 1.29 is 69.0 Å². The SMILES string of the molecule is CCC[C@]1(C(O)O)CCN(C(=O)OC(C)(C)C)C1.CCC[C@]1([C@H]([O-])O)CCN(C(=O)OC(C)(C)C)C1.C[C@@H](N)P.[Na+]. The molecule has 0 spiro atoms. The van der Waals surface area contributed by atoms with Gasteiger partial charge >= 0.3 is 41.7 Å². The van der Waals surface area contributed by atoms with E-state index in [4.69, 9.17) is 15.2 Å². The average Bonchev–Trinajstić information content (AvgIpc) is 3.39. The molecule has 0 radical (unpaired) electrons. The second-order valence-electron chi connectivity index (χ2n) is 13.1. The summed E-state index contributed by atoms with van der Waals surface area (Å²) in [6, 6.07) is 0. The van der Waals surface area contributed by atoms with Gasteiger partial charge in [0, 0.05) is 42.8 Å². The van der Waals surface area contributed by atoms with Crippen molar-refractivity contribution in [3.8, 4) is 0 Å². The smallest absolute Gasteiger partial charge is 0.831 e. The zero-order valence-corrected chi connectivity index (χ0v) is 30.4. The molecular formula is C28H57N3NaO8P. The van der Waals surface area contributed by atoms with Crippen LogP contribution in [0.3, 0.4) is 0 Å². The average molecular weight is 618 g/mol. The Morgan fingerprint density at radius 2 is 1.20 bits per heavy atom. The van der Waals surface area contributed by atoms with E-state index in [0.29, 0.717) is 51.9 Å². The first-order valence-corrected chi connectivity index (χ1v) is 15.0. The molecule has 0 saturated carbocycles. The van der Waals surface area contributed by atoms with E-state index in [1.54, 1.807) is 4.90 Å². The van der Waals surface area contributed by atoms with Crippen molar-refractivity contribution in [2.24, 2.45) is 16.6 Å². The maximum absolute atomic E-state index is 11.9. The van der Waals surface area contributed by atoms with E-state index in [0.717, 1.165) is 12.8 Å². The van der Waals surface area contributed by atoms with E-state index in [1.807, 2.05) is 62.3 Å². The van der Waals surface area contributed by atoms with E-state index in [1.165, 1.54) is 4.90 Å². The number of hydrogen-bond donors (Lipinski definition) is 4. The number of amides is 2. The quantitative estimate of drug-likeness (QED) is 0.182. The van der Waals surface area contributed by atoms with Gasteiger partial charge in [0.15, 0.2) is 6.29 Å². The topological polar surface area (TPSA) is 169 Å². The Labute approximate surface area is 272 Å². The molecule has 2 heterocycles. The molecule has 5 atom stereocenters. The summed E-state index contributed by atoms with van der Waals surface area (Å²) in [5.74, 6) is 0.250. The van der Waals surface area contributed by atoms with Gasteiger partial charge in [-0.25, -0.2) is 9.59 Å². The number of nitrogens with two attached hydrogens (primary N) is 1. The molecule has 0 aromatic rings. The molecule has 2 amide bonds. The van der Waals surface area contributed by atoms with Gasteiger partial charge in [-0.3, -0.25) is 0 Å². The fourth-order valence-corrected chi connectivity index (χ4v) is 4.83. The minimum absolute atomic E-state index is 0. The van der Waals surface area contributed by atoms with Gasteiger partial charge in [0.25, 0.3) is 0 Å². The van der Waals surface area contributed by atoms with E-state index in [2.05, 4.69) is 9.24 Å². The summed E-state index contributed by atoms with van der Waals surface area (Å²) in [6.07, 6.45) is 0.377. The van der Waals surface area contributed by atoms with Gasteiger partial charge in [-0.2, -0.15) is 0 Å². The van der Waals surface area contributed by atoms with Crippen LogP contribution < -0.4 is 40.4 Å². The minimum Gasteiger partial charge on any atom is -0.831 e. The predicted octanol–water partition coefficient (Wildman–Crippen LogP) is -0.0130. The summed E-state index contributed by atoms with van der Waals surface area (Å²) in [4.78, 5) is 26.9. The maximum atomic E-state index is 11.9. The summed E-state index contributed by atoms with van der Waals surface area (Å²) in [5, 5.41) is 40.0. The number of carbonyl (C=O) groups is 2. The fourth-order valence-electron chi connectivity index (χ4n) is 4.83. The third-order valence-corrected chi connectivity index (χ3v) is 6.64. The van der Waals surface area contributed by atoms with Crippen LogP contribution in [0, 0.1) is 10.8 Å². The van der Waals surface area contributed by atoms with E-state index >= 15 is 0 Å².